The smallest absolute Gasteiger partial charge is 0.422 e. The molecule has 0 aliphatic carbocycles. The van der Waals surface area contributed by atoms with Crippen LogP contribution >= 0.6 is 0 Å². The van der Waals surface area contributed by atoms with Crippen LogP contribution < -0.4 is 10.1 Å². The molecule has 0 bridgehead atoms. The van der Waals surface area contributed by atoms with Crippen LogP contribution in [0.5, 0.6) is 5.75 Å². The Balaban J connectivity index is 1.07. The second-order valence-corrected chi connectivity index (χ2v) is 10.5. The van der Waals surface area contributed by atoms with E-state index in [0.29, 0.717) is 38.3 Å². The number of nitrogens with one attached hydrogen (secondary N) is 1. The number of alkyl halides is 6. The molecule has 10 nitrogen and oxygen atoms in total. The van der Waals surface area contributed by atoms with E-state index in [1.54, 1.807) is 23.1 Å². The molecular formula is C30H27F6N7O3. The fourth-order valence-corrected chi connectivity index (χ4v) is 4.64. The lowest BCUT2D eigenvalue weighted by molar-refractivity contribution is -0.153. The Hall–Kier alpha value is -4.99. The topological polar surface area (TPSA) is 105 Å². The maximum atomic E-state index is 13.0. The second kappa shape index (κ2) is 13.6. The van der Waals surface area contributed by atoms with Gasteiger partial charge < -0.3 is 15.0 Å². The summed E-state index contributed by atoms with van der Waals surface area (Å²) in [6.07, 6.45) is -5.91. The third-order valence-electron chi connectivity index (χ3n) is 7.02. The predicted molar refractivity (Wildman–Crippen MR) is 152 cm³/mol. The van der Waals surface area contributed by atoms with Crippen molar-refractivity contribution in [3.8, 4) is 5.75 Å². The quantitative estimate of drug-likeness (QED) is 0.258. The van der Waals surface area contributed by atoms with E-state index in [4.69, 9.17) is 4.74 Å². The van der Waals surface area contributed by atoms with Crippen LogP contribution in [-0.2, 0) is 19.3 Å². The number of carbonyl (C=O) groups is 2. The van der Waals surface area contributed by atoms with Gasteiger partial charge in [-0.15, -0.1) is 5.10 Å². The van der Waals surface area contributed by atoms with Crippen molar-refractivity contribution in [3.05, 3.63) is 101 Å². The number of anilines is 1. The molecule has 2 aromatic carbocycles. The molecule has 2 aromatic heterocycles. The lowest BCUT2D eigenvalue weighted by Gasteiger charge is -2.34. The molecule has 0 spiro atoms. The number of rotatable bonds is 9. The number of nitrogens with zero attached hydrogens (tertiary/aromatic N) is 6. The van der Waals surface area contributed by atoms with Crippen LogP contribution in [0.25, 0.3) is 0 Å². The Labute approximate surface area is 258 Å². The SMILES string of the molecule is O=C(Nc1ccc(C(F)(F)F)cc1)c1ccc(Cn2cc(C(=O)N3CCN(Cc4ccc(OCC(F)(F)F)cc4)CC3)nn2)cn1. The van der Waals surface area contributed by atoms with E-state index in [2.05, 4.69) is 25.5 Å². The second-order valence-electron chi connectivity index (χ2n) is 10.5. The highest BCUT2D eigenvalue weighted by Gasteiger charge is 2.30. The van der Waals surface area contributed by atoms with Crippen LogP contribution in [0, 0.1) is 0 Å². The molecule has 0 atom stereocenters. The van der Waals surface area contributed by atoms with Crippen LogP contribution in [0.15, 0.2) is 73.1 Å². The number of amides is 2. The van der Waals surface area contributed by atoms with Crippen molar-refractivity contribution in [2.75, 3.05) is 38.1 Å². The maximum Gasteiger partial charge on any atom is 0.422 e. The summed E-state index contributed by atoms with van der Waals surface area (Å²) in [6.45, 7) is 1.55. The zero-order chi connectivity index (χ0) is 32.9. The van der Waals surface area contributed by atoms with E-state index in [-0.39, 0.29) is 35.3 Å². The Bertz CT molecular complexity index is 1630. The Kier molecular flexibility index (Phi) is 9.55. The number of piperazine rings is 1. The van der Waals surface area contributed by atoms with Crippen molar-refractivity contribution >= 4 is 17.5 Å². The monoisotopic (exact) mass is 647 g/mol. The van der Waals surface area contributed by atoms with E-state index < -0.39 is 30.4 Å². The van der Waals surface area contributed by atoms with Crippen LogP contribution in [0.4, 0.5) is 32.0 Å². The number of carbonyl (C=O) groups excluding carboxylic acids is 2. The highest BCUT2D eigenvalue weighted by atomic mass is 19.4. The summed E-state index contributed by atoms with van der Waals surface area (Å²) in [4.78, 5) is 33.4. The first kappa shape index (κ1) is 32.4. The molecule has 3 heterocycles. The summed E-state index contributed by atoms with van der Waals surface area (Å²) in [5, 5.41) is 10.5. The fourth-order valence-electron chi connectivity index (χ4n) is 4.64. The summed E-state index contributed by atoms with van der Waals surface area (Å²) >= 11 is 0. The highest BCUT2D eigenvalue weighted by molar-refractivity contribution is 6.02. The van der Waals surface area contributed by atoms with Crippen molar-refractivity contribution in [2.45, 2.75) is 25.4 Å². The highest BCUT2D eigenvalue weighted by Crippen LogP contribution is 2.30. The zero-order valence-corrected chi connectivity index (χ0v) is 24.1. The first-order chi connectivity index (χ1) is 21.8. The molecular weight excluding hydrogens is 620 g/mol. The van der Waals surface area contributed by atoms with Gasteiger partial charge in [-0.05, 0) is 53.6 Å². The number of hydrogen-bond acceptors (Lipinski definition) is 7. The molecule has 16 heteroatoms. The standard InChI is InChI=1S/C30H27F6N7O3/c31-29(32,33)19-46-24-8-1-20(2-9-24)16-41-11-13-42(14-12-41)28(45)26-18-43(40-39-26)17-21-3-10-25(37-15-21)27(44)38-23-6-4-22(5-7-23)30(34,35)36/h1-10,15,18H,11-14,16-17,19H2,(H,38,44). The van der Waals surface area contributed by atoms with E-state index in [1.807, 2.05) is 0 Å². The average molecular weight is 648 g/mol. The van der Waals surface area contributed by atoms with Gasteiger partial charge >= 0.3 is 12.4 Å². The van der Waals surface area contributed by atoms with Gasteiger partial charge in [0.05, 0.1) is 18.3 Å². The Morgan fingerprint density at radius 1 is 0.804 bits per heavy atom. The maximum absolute atomic E-state index is 13.0. The number of benzene rings is 2. The van der Waals surface area contributed by atoms with Crippen molar-refractivity contribution in [1.29, 1.82) is 0 Å². The molecule has 1 aliphatic heterocycles. The molecule has 1 fully saturated rings. The van der Waals surface area contributed by atoms with Gasteiger partial charge in [0, 0.05) is 44.6 Å². The van der Waals surface area contributed by atoms with Crippen LogP contribution in [0.2, 0.25) is 0 Å². The van der Waals surface area contributed by atoms with Crippen LogP contribution in [0.1, 0.15) is 37.7 Å². The minimum atomic E-state index is -4.48. The zero-order valence-electron chi connectivity index (χ0n) is 24.1. The van der Waals surface area contributed by atoms with Gasteiger partial charge in [0.1, 0.15) is 11.4 Å². The molecule has 4 aromatic rings. The first-order valence-electron chi connectivity index (χ1n) is 14.0. The van der Waals surface area contributed by atoms with Gasteiger partial charge in [-0.2, -0.15) is 26.3 Å². The van der Waals surface area contributed by atoms with Crippen molar-refractivity contribution in [3.63, 3.8) is 0 Å². The van der Waals surface area contributed by atoms with Gasteiger partial charge in [0.15, 0.2) is 12.3 Å². The van der Waals surface area contributed by atoms with E-state index in [0.717, 1.165) is 29.8 Å². The molecule has 0 unspecified atom stereocenters. The van der Waals surface area contributed by atoms with Crippen molar-refractivity contribution in [1.82, 2.24) is 29.8 Å². The average Bonchev–Trinajstić information content (AvgIpc) is 3.49. The lowest BCUT2D eigenvalue weighted by atomic mass is 10.2. The fraction of sp³-hybridized carbons (Fsp3) is 0.300. The van der Waals surface area contributed by atoms with Crippen molar-refractivity contribution < 1.29 is 40.7 Å². The van der Waals surface area contributed by atoms with E-state index >= 15 is 0 Å². The summed E-state index contributed by atoms with van der Waals surface area (Å²) < 4.78 is 81.4. The number of aromatic nitrogens is 4. The Morgan fingerprint density at radius 2 is 1.48 bits per heavy atom. The molecule has 5 rings (SSSR count). The first-order valence-corrected chi connectivity index (χ1v) is 14.0. The van der Waals surface area contributed by atoms with Crippen molar-refractivity contribution in [2.24, 2.45) is 0 Å². The molecule has 46 heavy (non-hydrogen) atoms. The van der Waals surface area contributed by atoms with Crippen LogP contribution in [0.3, 0.4) is 0 Å². The number of pyridine rings is 1. The van der Waals surface area contributed by atoms with Gasteiger partial charge in [-0.25, -0.2) is 4.68 Å². The van der Waals surface area contributed by atoms with Crippen LogP contribution in [-0.4, -0.2) is 80.6 Å². The van der Waals surface area contributed by atoms with Gasteiger partial charge in [0.25, 0.3) is 11.8 Å². The molecule has 0 saturated carbocycles. The van der Waals surface area contributed by atoms with Gasteiger partial charge in [0.2, 0.25) is 0 Å². The van der Waals surface area contributed by atoms with E-state index in [1.165, 1.54) is 35.3 Å². The minimum absolute atomic E-state index is 0.0595. The number of ether oxygens (including phenoxy) is 1. The summed E-state index contributed by atoms with van der Waals surface area (Å²) in [5.41, 5.74) is 1.17. The van der Waals surface area contributed by atoms with Gasteiger partial charge in [-0.1, -0.05) is 23.4 Å². The van der Waals surface area contributed by atoms with E-state index in [9.17, 15) is 35.9 Å². The molecule has 1 saturated heterocycles. The Morgan fingerprint density at radius 3 is 2.09 bits per heavy atom. The summed E-state index contributed by atoms with van der Waals surface area (Å²) in [6, 6.07) is 13.6. The normalized spacial score (nSPS) is 14.3. The molecule has 242 valence electrons. The van der Waals surface area contributed by atoms with Gasteiger partial charge in [-0.3, -0.25) is 19.5 Å². The number of hydrogen-bond donors (Lipinski definition) is 1. The lowest BCUT2D eigenvalue weighted by Crippen LogP contribution is -2.48. The number of halogens is 6. The summed E-state index contributed by atoms with van der Waals surface area (Å²) in [5.74, 6) is -0.724. The molecule has 1 N–H and O–H groups in total. The molecule has 0 radical (unpaired) electrons. The molecule has 2 amide bonds. The largest absolute Gasteiger partial charge is 0.484 e. The molecule has 1 aliphatic rings. The third-order valence-corrected chi connectivity index (χ3v) is 7.02. The minimum Gasteiger partial charge on any atom is -0.484 e. The predicted octanol–water partition coefficient (Wildman–Crippen LogP) is 4.89. The summed E-state index contributed by atoms with van der Waals surface area (Å²) in [7, 11) is 0. The third kappa shape index (κ3) is 8.80.